The van der Waals surface area contributed by atoms with Gasteiger partial charge in [-0.2, -0.15) is 0 Å². The summed E-state index contributed by atoms with van der Waals surface area (Å²) in [7, 11) is 3.80. The van der Waals surface area contributed by atoms with Gasteiger partial charge in [-0.15, -0.1) is 24.0 Å². The molecular weight excluding hydrogens is 425 g/mol. The molecule has 0 spiro atoms. The average Bonchev–Trinajstić information content (AvgIpc) is 2.89. The number of nitrogens with one attached hydrogen (secondary N) is 1. The lowest BCUT2D eigenvalue weighted by molar-refractivity contribution is 0.473. The fraction of sp³-hybridized carbons (Fsp3) is 0.375. The number of aryl methyl sites for hydroxylation is 1. The number of aliphatic imine (C=N–C) groups is 1. The summed E-state index contributed by atoms with van der Waals surface area (Å²) < 4.78 is 2.11. The Morgan fingerprint density at radius 3 is 2.83 bits per heavy atom. The van der Waals surface area contributed by atoms with E-state index in [-0.39, 0.29) is 24.0 Å². The molecule has 0 saturated carbocycles. The molecule has 0 fully saturated rings. The molecule has 1 aromatic heterocycles. The lowest BCUT2D eigenvalue weighted by atomic mass is 10.2. The van der Waals surface area contributed by atoms with Crippen LogP contribution in [-0.4, -0.2) is 41.1 Å². The Morgan fingerprint density at radius 2 is 2.22 bits per heavy atom. The van der Waals surface area contributed by atoms with Crippen LogP contribution in [0.15, 0.2) is 41.7 Å². The molecule has 0 amide bonds. The van der Waals surface area contributed by atoms with Crippen LogP contribution in [0.1, 0.15) is 11.4 Å². The minimum absolute atomic E-state index is 0. The van der Waals surface area contributed by atoms with E-state index in [1.165, 1.54) is 0 Å². The van der Waals surface area contributed by atoms with E-state index in [2.05, 4.69) is 30.8 Å². The summed E-state index contributed by atoms with van der Waals surface area (Å²) in [5, 5.41) is 4.12. The maximum Gasteiger partial charge on any atom is 0.193 e. The van der Waals surface area contributed by atoms with Crippen LogP contribution in [0.3, 0.4) is 0 Å². The molecular formula is C16H23ClIN5. The molecule has 0 radical (unpaired) electrons. The second-order valence-electron chi connectivity index (χ2n) is 5.13. The third-order valence-corrected chi connectivity index (χ3v) is 3.68. The highest BCUT2D eigenvalue weighted by molar-refractivity contribution is 14.0. The van der Waals surface area contributed by atoms with Gasteiger partial charge in [0.25, 0.3) is 0 Å². The topological polar surface area (TPSA) is 45.5 Å². The highest BCUT2D eigenvalue weighted by Gasteiger charge is 2.07. The van der Waals surface area contributed by atoms with Gasteiger partial charge in [-0.1, -0.05) is 23.7 Å². The zero-order valence-corrected chi connectivity index (χ0v) is 16.7. The summed E-state index contributed by atoms with van der Waals surface area (Å²) in [6.45, 7) is 4.41. The van der Waals surface area contributed by atoms with E-state index in [1.54, 1.807) is 7.05 Å². The van der Waals surface area contributed by atoms with Gasteiger partial charge in [-0.05, 0) is 24.6 Å². The van der Waals surface area contributed by atoms with E-state index in [4.69, 9.17) is 11.6 Å². The smallest absolute Gasteiger partial charge is 0.193 e. The molecule has 5 nitrogen and oxygen atoms in total. The standard InChI is InChI=1S/C16H22ClN5.HI/c1-13-19-7-9-22(13)10-8-20-16(18-2)21(3)12-14-5-4-6-15(17)11-14;/h4-7,9,11H,8,10,12H2,1-3H3,(H,18,20);1H. The fourth-order valence-electron chi connectivity index (χ4n) is 2.30. The van der Waals surface area contributed by atoms with Crippen molar-refractivity contribution in [3.63, 3.8) is 0 Å². The zero-order chi connectivity index (χ0) is 15.9. The number of benzene rings is 1. The predicted octanol–water partition coefficient (Wildman–Crippen LogP) is 3.17. The molecule has 0 aliphatic heterocycles. The van der Waals surface area contributed by atoms with E-state index in [0.717, 1.165) is 42.0 Å². The highest BCUT2D eigenvalue weighted by Crippen LogP contribution is 2.12. The summed E-state index contributed by atoms with van der Waals surface area (Å²) in [6.07, 6.45) is 3.80. The van der Waals surface area contributed by atoms with Crippen molar-refractivity contribution in [2.45, 2.75) is 20.0 Å². The van der Waals surface area contributed by atoms with Crippen molar-refractivity contribution in [2.75, 3.05) is 20.6 Å². The molecule has 2 aromatic rings. The minimum atomic E-state index is 0. The first kappa shape index (κ1) is 19.8. The van der Waals surface area contributed by atoms with Gasteiger partial charge in [0.05, 0.1) is 0 Å². The van der Waals surface area contributed by atoms with Crippen LogP contribution in [0.25, 0.3) is 0 Å². The van der Waals surface area contributed by atoms with Crippen molar-refractivity contribution in [1.29, 1.82) is 0 Å². The van der Waals surface area contributed by atoms with Crippen LogP contribution < -0.4 is 5.32 Å². The first-order valence-electron chi connectivity index (χ1n) is 7.24. The number of hydrogen-bond donors (Lipinski definition) is 1. The normalized spacial score (nSPS) is 11.0. The molecule has 0 aliphatic rings. The molecule has 0 saturated heterocycles. The quantitative estimate of drug-likeness (QED) is 0.435. The Kier molecular flexibility index (Phi) is 8.40. The van der Waals surface area contributed by atoms with Crippen molar-refractivity contribution < 1.29 is 0 Å². The summed E-state index contributed by atoms with van der Waals surface area (Å²) in [5.74, 6) is 1.88. The van der Waals surface area contributed by atoms with E-state index in [0.29, 0.717) is 0 Å². The third kappa shape index (κ3) is 6.02. The largest absolute Gasteiger partial charge is 0.354 e. The Bertz CT molecular complexity index is 641. The number of nitrogens with zero attached hydrogens (tertiary/aromatic N) is 4. The van der Waals surface area contributed by atoms with Gasteiger partial charge in [0.2, 0.25) is 0 Å². The first-order valence-corrected chi connectivity index (χ1v) is 7.62. The SMILES string of the molecule is CN=C(NCCn1ccnc1C)N(C)Cc1cccc(Cl)c1.I. The Labute approximate surface area is 159 Å². The summed E-state index contributed by atoms with van der Waals surface area (Å²) in [5.41, 5.74) is 1.16. The van der Waals surface area contributed by atoms with Crippen molar-refractivity contribution in [3.05, 3.63) is 53.1 Å². The first-order chi connectivity index (χ1) is 10.6. The van der Waals surface area contributed by atoms with E-state index in [1.807, 2.05) is 44.6 Å². The molecule has 7 heteroatoms. The molecule has 0 aliphatic carbocycles. The van der Waals surface area contributed by atoms with Gasteiger partial charge in [0.15, 0.2) is 5.96 Å². The molecule has 0 bridgehead atoms. The maximum atomic E-state index is 6.02. The van der Waals surface area contributed by atoms with E-state index >= 15 is 0 Å². The summed E-state index contributed by atoms with van der Waals surface area (Å²) in [6, 6.07) is 7.87. The second-order valence-corrected chi connectivity index (χ2v) is 5.56. The minimum Gasteiger partial charge on any atom is -0.354 e. The summed E-state index contributed by atoms with van der Waals surface area (Å²) in [4.78, 5) is 10.6. The lowest BCUT2D eigenvalue weighted by Gasteiger charge is -2.22. The lowest BCUT2D eigenvalue weighted by Crippen LogP contribution is -2.39. The molecule has 0 atom stereocenters. The second kappa shape index (κ2) is 9.77. The zero-order valence-electron chi connectivity index (χ0n) is 13.7. The number of rotatable bonds is 5. The van der Waals surface area contributed by atoms with Crippen LogP contribution >= 0.6 is 35.6 Å². The molecule has 2 rings (SSSR count). The third-order valence-electron chi connectivity index (χ3n) is 3.44. The number of guanidine groups is 1. The van der Waals surface area contributed by atoms with Gasteiger partial charge >= 0.3 is 0 Å². The Morgan fingerprint density at radius 1 is 1.43 bits per heavy atom. The Hall–Kier alpha value is -1.28. The molecule has 23 heavy (non-hydrogen) atoms. The number of imidazole rings is 1. The highest BCUT2D eigenvalue weighted by atomic mass is 127. The Balaban J connectivity index is 0.00000264. The van der Waals surface area contributed by atoms with Crippen LogP contribution in [0, 0.1) is 6.92 Å². The number of halogens is 2. The van der Waals surface area contributed by atoms with Gasteiger partial charge in [0.1, 0.15) is 5.82 Å². The van der Waals surface area contributed by atoms with Gasteiger partial charge in [-0.25, -0.2) is 4.98 Å². The van der Waals surface area contributed by atoms with Crippen molar-refractivity contribution in [1.82, 2.24) is 19.8 Å². The predicted molar refractivity (Wildman–Crippen MR) is 107 cm³/mol. The van der Waals surface area contributed by atoms with E-state index in [9.17, 15) is 0 Å². The van der Waals surface area contributed by atoms with Crippen LogP contribution in [0.4, 0.5) is 0 Å². The average molecular weight is 448 g/mol. The van der Waals surface area contributed by atoms with Crippen LogP contribution in [-0.2, 0) is 13.1 Å². The van der Waals surface area contributed by atoms with Gasteiger partial charge in [0, 0.05) is 51.1 Å². The van der Waals surface area contributed by atoms with Crippen molar-refractivity contribution in [2.24, 2.45) is 4.99 Å². The van der Waals surface area contributed by atoms with Gasteiger partial charge < -0.3 is 14.8 Å². The van der Waals surface area contributed by atoms with Crippen molar-refractivity contribution in [3.8, 4) is 0 Å². The molecule has 1 heterocycles. The summed E-state index contributed by atoms with van der Waals surface area (Å²) >= 11 is 6.02. The molecule has 0 unspecified atom stereocenters. The fourth-order valence-corrected chi connectivity index (χ4v) is 2.51. The molecule has 1 N–H and O–H groups in total. The molecule has 1 aromatic carbocycles. The van der Waals surface area contributed by atoms with Crippen LogP contribution in [0.5, 0.6) is 0 Å². The monoisotopic (exact) mass is 447 g/mol. The van der Waals surface area contributed by atoms with Crippen LogP contribution in [0.2, 0.25) is 5.02 Å². The number of hydrogen-bond acceptors (Lipinski definition) is 2. The van der Waals surface area contributed by atoms with E-state index < -0.39 is 0 Å². The molecule has 126 valence electrons. The van der Waals surface area contributed by atoms with Crippen molar-refractivity contribution >= 4 is 41.5 Å². The van der Waals surface area contributed by atoms with Gasteiger partial charge in [-0.3, -0.25) is 4.99 Å². The maximum absolute atomic E-state index is 6.02. The number of aromatic nitrogens is 2.